The molecule has 0 saturated carbocycles. The van der Waals surface area contributed by atoms with Crippen LogP contribution in [-0.4, -0.2) is 9.78 Å². The van der Waals surface area contributed by atoms with Crippen LogP contribution in [0.4, 0.5) is 0 Å². The standard InChI is InChI=1S/C13H14BrClN2O/c1-9(2)17-8-12(7-16-17)18-13-5-11(14)4-3-10(13)6-15/h3-5,7-9H,6H2,1-2H3. The average molecular weight is 330 g/mol. The summed E-state index contributed by atoms with van der Waals surface area (Å²) >= 11 is 9.31. The Hall–Kier alpha value is -1.00. The SMILES string of the molecule is CC(C)n1cc(Oc2cc(Br)ccc2CCl)cn1. The Labute approximate surface area is 120 Å². The van der Waals surface area contributed by atoms with Gasteiger partial charge in [0.05, 0.1) is 18.3 Å². The van der Waals surface area contributed by atoms with Gasteiger partial charge in [-0.1, -0.05) is 22.0 Å². The molecule has 0 saturated heterocycles. The van der Waals surface area contributed by atoms with E-state index in [2.05, 4.69) is 34.9 Å². The summed E-state index contributed by atoms with van der Waals surface area (Å²) < 4.78 is 8.63. The Morgan fingerprint density at radius 2 is 2.22 bits per heavy atom. The summed E-state index contributed by atoms with van der Waals surface area (Å²) in [6.45, 7) is 4.14. The number of hydrogen-bond acceptors (Lipinski definition) is 2. The first-order chi connectivity index (χ1) is 8.60. The molecule has 0 aliphatic heterocycles. The molecule has 1 heterocycles. The third-order valence-corrected chi connectivity index (χ3v) is 3.29. The van der Waals surface area contributed by atoms with Gasteiger partial charge in [0.15, 0.2) is 5.75 Å². The fraction of sp³-hybridized carbons (Fsp3) is 0.308. The van der Waals surface area contributed by atoms with E-state index in [1.165, 1.54) is 0 Å². The minimum atomic E-state index is 0.317. The van der Waals surface area contributed by atoms with E-state index in [-0.39, 0.29) is 0 Å². The number of benzene rings is 1. The van der Waals surface area contributed by atoms with Gasteiger partial charge in [-0.2, -0.15) is 5.10 Å². The fourth-order valence-corrected chi connectivity index (χ4v) is 2.08. The van der Waals surface area contributed by atoms with E-state index in [1.54, 1.807) is 6.20 Å². The highest BCUT2D eigenvalue weighted by molar-refractivity contribution is 9.10. The summed E-state index contributed by atoms with van der Waals surface area (Å²) in [4.78, 5) is 0. The van der Waals surface area contributed by atoms with Crippen molar-refractivity contribution in [2.24, 2.45) is 0 Å². The zero-order chi connectivity index (χ0) is 13.1. The fourth-order valence-electron chi connectivity index (χ4n) is 1.52. The Kier molecular flexibility index (Phi) is 4.30. The van der Waals surface area contributed by atoms with E-state index in [0.717, 1.165) is 15.8 Å². The molecule has 3 nitrogen and oxygen atoms in total. The maximum absolute atomic E-state index is 5.89. The highest BCUT2D eigenvalue weighted by Gasteiger charge is 2.08. The molecule has 2 aromatic rings. The molecule has 0 amide bonds. The number of aromatic nitrogens is 2. The van der Waals surface area contributed by atoms with Crippen molar-refractivity contribution in [1.29, 1.82) is 0 Å². The van der Waals surface area contributed by atoms with Crippen LogP contribution in [0.25, 0.3) is 0 Å². The first-order valence-electron chi connectivity index (χ1n) is 5.66. The molecule has 1 aromatic carbocycles. The van der Waals surface area contributed by atoms with Crippen molar-refractivity contribution in [3.8, 4) is 11.5 Å². The molecule has 0 atom stereocenters. The van der Waals surface area contributed by atoms with Crippen LogP contribution >= 0.6 is 27.5 Å². The van der Waals surface area contributed by atoms with Crippen molar-refractivity contribution in [3.63, 3.8) is 0 Å². The van der Waals surface area contributed by atoms with E-state index in [1.807, 2.05) is 29.1 Å². The minimum Gasteiger partial charge on any atom is -0.454 e. The lowest BCUT2D eigenvalue weighted by atomic mass is 10.2. The van der Waals surface area contributed by atoms with Crippen LogP contribution in [-0.2, 0) is 5.88 Å². The van der Waals surface area contributed by atoms with Gasteiger partial charge >= 0.3 is 0 Å². The smallest absolute Gasteiger partial charge is 0.165 e. The zero-order valence-electron chi connectivity index (χ0n) is 10.2. The molecule has 0 N–H and O–H groups in total. The van der Waals surface area contributed by atoms with E-state index in [4.69, 9.17) is 16.3 Å². The molecule has 0 aliphatic rings. The number of alkyl halides is 1. The highest BCUT2D eigenvalue weighted by atomic mass is 79.9. The topological polar surface area (TPSA) is 27.1 Å². The molecule has 0 bridgehead atoms. The maximum atomic E-state index is 5.89. The van der Waals surface area contributed by atoms with E-state index >= 15 is 0 Å². The Morgan fingerprint density at radius 3 is 2.83 bits per heavy atom. The number of ether oxygens (including phenoxy) is 1. The van der Waals surface area contributed by atoms with Gasteiger partial charge in [0.1, 0.15) is 5.75 Å². The second kappa shape index (κ2) is 5.76. The van der Waals surface area contributed by atoms with Crippen molar-refractivity contribution in [3.05, 3.63) is 40.6 Å². The minimum absolute atomic E-state index is 0.317. The van der Waals surface area contributed by atoms with Crippen LogP contribution in [0.15, 0.2) is 35.1 Å². The van der Waals surface area contributed by atoms with Crippen LogP contribution in [0.2, 0.25) is 0 Å². The third kappa shape index (κ3) is 3.06. The predicted octanol–water partition coefficient (Wildman–Crippen LogP) is 4.76. The molecular formula is C13H14BrClN2O. The molecule has 0 radical (unpaired) electrons. The third-order valence-electron chi connectivity index (χ3n) is 2.51. The molecule has 1 aromatic heterocycles. The summed E-state index contributed by atoms with van der Waals surface area (Å²) in [6.07, 6.45) is 3.59. The molecule has 96 valence electrons. The van der Waals surface area contributed by atoms with Crippen molar-refractivity contribution in [2.75, 3.05) is 0 Å². The van der Waals surface area contributed by atoms with Gasteiger partial charge < -0.3 is 4.74 Å². The number of nitrogens with zero attached hydrogens (tertiary/aromatic N) is 2. The Morgan fingerprint density at radius 1 is 1.44 bits per heavy atom. The predicted molar refractivity (Wildman–Crippen MR) is 76.4 cm³/mol. The number of halogens is 2. The van der Waals surface area contributed by atoms with Crippen molar-refractivity contribution >= 4 is 27.5 Å². The number of rotatable bonds is 4. The molecule has 18 heavy (non-hydrogen) atoms. The average Bonchev–Trinajstić information content (AvgIpc) is 2.78. The quantitative estimate of drug-likeness (QED) is 0.756. The van der Waals surface area contributed by atoms with Gasteiger partial charge in [0.25, 0.3) is 0 Å². The first-order valence-corrected chi connectivity index (χ1v) is 6.99. The van der Waals surface area contributed by atoms with Gasteiger partial charge in [-0.15, -0.1) is 11.6 Å². The largest absolute Gasteiger partial charge is 0.454 e. The maximum Gasteiger partial charge on any atom is 0.165 e. The highest BCUT2D eigenvalue weighted by Crippen LogP contribution is 2.29. The Bertz CT molecular complexity index is 540. The lowest BCUT2D eigenvalue weighted by Gasteiger charge is -2.08. The van der Waals surface area contributed by atoms with E-state index in [9.17, 15) is 0 Å². The van der Waals surface area contributed by atoms with E-state index in [0.29, 0.717) is 17.7 Å². The monoisotopic (exact) mass is 328 g/mol. The summed E-state index contributed by atoms with van der Waals surface area (Å²) in [5.41, 5.74) is 0.956. The summed E-state index contributed by atoms with van der Waals surface area (Å²) in [5.74, 6) is 1.89. The van der Waals surface area contributed by atoms with Crippen LogP contribution < -0.4 is 4.74 Å². The zero-order valence-corrected chi connectivity index (χ0v) is 12.6. The summed E-state index contributed by atoms with van der Waals surface area (Å²) in [6, 6.07) is 6.11. The van der Waals surface area contributed by atoms with Gasteiger partial charge in [0.2, 0.25) is 0 Å². The van der Waals surface area contributed by atoms with Gasteiger partial charge in [-0.25, -0.2) is 0 Å². The molecule has 0 spiro atoms. The second-order valence-electron chi connectivity index (χ2n) is 4.24. The normalized spacial score (nSPS) is 10.9. The van der Waals surface area contributed by atoms with Gasteiger partial charge in [-0.05, 0) is 26.0 Å². The summed E-state index contributed by atoms with van der Waals surface area (Å²) in [5, 5.41) is 4.24. The van der Waals surface area contributed by atoms with Crippen molar-refractivity contribution in [2.45, 2.75) is 25.8 Å². The van der Waals surface area contributed by atoms with Crippen LogP contribution in [0, 0.1) is 0 Å². The van der Waals surface area contributed by atoms with Crippen molar-refractivity contribution < 1.29 is 4.74 Å². The molecule has 0 aliphatic carbocycles. The number of hydrogen-bond donors (Lipinski definition) is 0. The molecule has 5 heteroatoms. The molecular weight excluding hydrogens is 316 g/mol. The van der Waals surface area contributed by atoms with Gasteiger partial charge in [-0.3, -0.25) is 4.68 Å². The summed E-state index contributed by atoms with van der Waals surface area (Å²) in [7, 11) is 0. The lowest BCUT2D eigenvalue weighted by molar-refractivity contribution is 0.473. The van der Waals surface area contributed by atoms with Gasteiger partial charge in [0, 0.05) is 16.1 Å². The molecule has 0 unspecified atom stereocenters. The van der Waals surface area contributed by atoms with Crippen LogP contribution in [0.1, 0.15) is 25.5 Å². The first kappa shape index (κ1) is 13.4. The Balaban J connectivity index is 2.24. The van der Waals surface area contributed by atoms with Crippen molar-refractivity contribution in [1.82, 2.24) is 9.78 Å². The van der Waals surface area contributed by atoms with E-state index < -0.39 is 0 Å². The van der Waals surface area contributed by atoms with Crippen LogP contribution in [0.3, 0.4) is 0 Å². The molecule has 0 fully saturated rings. The molecule has 2 rings (SSSR count). The second-order valence-corrected chi connectivity index (χ2v) is 5.42. The van der Waals surface area contributed by atoms with Crippen LogP contribution in [0.5, 0.6) is 11.5 Å². The lowest BCUT2D eigenvalue weighted by Crippen LogP contribution is -1.99.